The van der Waals surface area contributed by atoms with Crippen LogP contribution in [-0.2, 0) is 7.05 Å². The number of ether oxygens (including phenoxy) is 1. The molecule has 0 aliphatic carbocycles. The number of anilines is 2. The Kier molecular flexibility index (Phi) is 4.67. The summed E-state index contributed by atoms with van der Waals surface area (Å²) in [5.41, 5.74) is 7.55. The molecule has 2 heterocycles. The van der Waals surface area contributed by atoms with Crippen molar-refractivity contribution in [2.45, 2.75) is 20.8 Å². The first-order valence-corrected chi connectivity index (χ1v) is 9.92. The van der Waals surface area contributed by atoms with E-state index >= 15 is 0 Å². The van der Waals surface area contributed by atoms with Gasteiger partial charge in [-0.25, -0.2) is 4.98 Å². The first-order valence-electron chi connectivity index (χ1n) is 9.12. The van der Waals surface area contributed by atoms with Gasteiger partial charge in [0.25, 0.3) is 0 Å². The summed E-state index contributed by atoms with van der Waals surface area (Å²) in [5.74, 6) is 1.55. The molecule has 1 N–H and O–H groups in total. The molecule has 6 heteroatoms. The molecule has 0 saturated carbocycles. The molecule has 4 rings (SSSR count). The van der Waals surface area contributed by atoms with Crippen LogP contribution in [0.5, 0.6) is 5.75 Å². The molecule has 0 spiro atoms. The summed E-state index contributed by atoms with van der Waals surface area (Å²) in [6.45, 7) is 6.30. The smallest absolute Gasteiger partial charge is 0.208 e. The van der Waals surface area contributed by atoms with E-state index < -0.39 is 0 Å². The van der Waals surface area contributed by atoms with Gasteiger partial charge in [0.15, 0.2) is 0 Å². The van der Waals surface area contributed by atoms with Gasteiger partial charge in [-0.15, -0.1) is 0 Å². The number of methoxy groups -OCH3 is 1. The second kappa shape index (κ2) is 7.02. The minimum Gasteiger partial charge on any atom is -0.495 e. The van der Waals surface area contributed by atoms with Crippen molar-refractivity contribution >= 4 is 38.6 Å². The largest absolute Gasteiger partial charge is 0.495 e. The summed E-state index contributed by atoms with van der Waals surface area (Å²) in [6, 6.07) is 14.5. The number of hydrogen-bond donors (Lipinski definition) is 1. The third-order valence-corrected chi connectivity index (χ3v) is 5.56. The van der Waals surface area contributed by atoms with Crippen LogP contribution in [0.4, 0.5) is 11.6 Å². The number of hydrogen-bond acceptors (Lipinski definition) is 3. The van der Waals surface area contributed by atoms with Crippen LogP contribution < -0.4 is 10.1 Å². The number of benzene rings is 2. The van der Waals surface area contributed by atoms with E-state index in [1.54, 1.807) is 7.11 Å². The minimum absolute atomic E-state index is 0.772. The highest BCUT2D eigenvalue weighted by atomic mass is 79.9. The molecule has 0 atom stereocenters. The lowest BCUT2D eigenvalue weighted by Gasteiger charge is -2.15. The van der Waals surface area contributed by atoms with Crippen molar-refractivity contribution in [1.82, 2.24) is 14.1 Å². The molecular weight excluding hydrogens is 416 g/mol. The van der Waals surface area contributed by atoms with E-state index in [0.717, 1.165) is 44.1 Å². The molecule has 2 aromatic heterocycles. The number of imidazole rings is 1. The number of halogens is 1. The molecular formula is C22H23BrN4O. The average molecular weight is 439 g/mol. The van der Waals surface area contributed by atoms with Crippen molar-refractivity contribution in [3.63, 3.8) is 0 Å². The lowest BCUT2D eigenvalue weighted by atomic mass is 10.2. The number of para-hydroxylation sites is 1. The predicted octanol–water partition coefficient (Wildman–Crippen LogP) is 5.80. The summed E-state index contributed by atoms with van der Waals surface area (Å²) in [6.07, 6.45) is 0. The van der Waals surface area contributed by atoms with Crippen LogP contribution in [-0.4, -0.2) is 21.2 Å². The molecule has 0 aliphatic rings. The van der Waals surface area contributed by atoms with Crippen LogP contribution in [0.1, 0.15) is 17.0 Å². The number of nitrogens with one attached hydrogen (secondary N) is 1. The zero-order valence-corrected chi connectivity index (χ0v) is 18.3. The van der Waals surface area contributed by atoms with E-state index in [1.807, 2.05) is 19.2 Å². The van der Waals surface area contributed by atoms with Gasteiger partial charge in [-0.3, -0.25) is 0 Å². The molecule has 5 nitrogen and oxygen atoms in total. The van der Waals surface area contributed by atoms with E-state index in [1.165, 1.54) is 11.4 Å². The van der Waals surface area contributed by atoms with Crippen molar-refractivity contribution in [3.8, 4) is 11.4 Å². The molecule has 144 valence electrons. The zero-order valence-electron chi connectivity index (χ0n) is 16.7. The van der Waals surface area contributed by atoms with Crippen molar-refractivity contribution < 1.29 is 4.74 Å². The quantitative estimate of drug-likeness (QED) is 0.437. The lowest BCUT2D eigenvalue weighted by molar-refractivity contribution is 0.416. The number of aromatic nitrogens is 3. The lowest BCUT2D eigenvalue weighted by Crippen LogP contribution is -2.05. The third kappa shape index (κ3) is 2.98. The minimum atomic E-state index is 0.772. The van der Waals surface area contributed by atoms with Crippen LogP contribution in [0.25, 0.3) is 16.7 Å². The van der Waals surface area contributed by atoms with E-state index in [2.05, 4.69) is 81.5 Å². The Hall–Kier alpha value is -2.73. The second-order valence-corrected chi connectivity index (χ2v) is 7.93. The van der Waals surface area contributed by atoms with Gasteiger partial charge in [0.2, 0.25) is 5.95 Å². The van der Waals surface area contributed by atoms with Crippen LogP contribution in [0.2, 0.25) is 0 Å². The Labute approximate surface area is 173 Å². The SMILES string of the molecule is COc1cc(Br)cc(C)c1Nc1nc2cccc(-n3c(C)ccc3C)c2n1C. The van der Waals surface area contributed by atoms with E-state index in [-0.39, 0.29) is 0 Å². The highest BCUT2D eigenvalue weighted by Crippen LogP contribution is 2.35. The topological polar surface area (TPSA) is 44.0 Å². The molecule has 0 aliphatic heterocycles. The average Bonchev–Trinajstić information content (AvgIpc) is 3.16. The normalized spacial score (nSPS) is 11.2. The molecule has 0 bridgehead atoms. The maximum Gasteiger partial charge on any atom is 0.208 e. The summed E-state index contributed by atoms with van der Waals surface area (Å²) < 4.78 is 10.9. The van der Waals surface area contributed by atoms with Gasteiger partial charge in [-0.05, 0) is 62.7 Å². The maximum absolute atomic E-state index is 5.57. The Morgan fingerprint density at radius 2 is 1.75 bits per heavy atom. The van der Waals surface area contributed by atoms with E-state index in [9.17, 15) is 0 Å². The molecule has 0 fully saturated rings. The fourth-order valence-electron chi connectivity index (χ4n) is 3.73. The molecule has 0 amide bonds. The number of nitrogens with zero attached hydrogens (tertiary/aromatic N) is 3. The number of rotatable bonds is 4. The van der Waals surface area contributed by atoms with E-state index in [4.69, 9.17) is 9.72 Å². The van der Waals surface area contributed by atoms with Crippen molar-refractivity contribution in [2.24, 2.45) is 7.05 Å². The summed E-state index contributed by atoms with van der Waals surface area (Å²) >= 11 is 3.53. The van der Waals surface area contributed by atoms with Gasteiger partial charge < -0.3 is 19.2 Å². The fourth-order valence-corrected chi connectivity index (χ4v) is 4.29. The van der Waals surface area contributed by atoms with Gasteiger partial charge in [0.05, 0.1) is 29.5 Å². The monoisotopic (exact) mass is 438 g/mol. The predicted molar refractivity (Wildman–Crippen MR) is 118 cm³/mol. The molecule has 0 unspecified atom stereocenters. The molecule has 0 radical (unpaired) electrons. The van der Waals surface area contributed by atoms with Gasteiger partial charge >= 0.3 is 0 Å². The summed E-state index contributed by atoms with van der Waals surface area (Å²) in [5, 5.41) is 3.48. The second-order valence-electron chi connectivity index (χ2n) is 7.02. The standard InChI is InChI=1S/C22H23BrN4O/c1-13-11-16(23)12-19(28-5)20(13)25-22-24-17-7-6-8-18(21(17)26(22)4)27-14(2)9-10-15(27)3/h6-12H,1-5H3,(H,24,25). The van der Waals surface area contributed by atoms with Crippen LogP contribution in [0, 0.1) is 20.8 Å². The molecule has 28 heavy (non-hydrogen) atoms. The van der Waals surface area contributed by atoms with Crippen LogP contribution >= 0.6 is 15.9 Å². The van der Waals surface area contributed by atoms with E-state index in [0.29, 0.717) is 0 Å². The number of aryl methyl sites for hydroxylation is 4. The molecule has 2 aromatic carbocycles. The van der Waals surface area contributed by atoms with Gasteiger partial charge in [-0.1, -0.05) is 22.0 Å². The van der Waals surface area contributed by atoms with Gasteiger partial charge in [-0.2, -0.15) is 0 Å². The third-order valence-electron chi connectivity index (χ3n) is 5.11. The van der Waals surface area contributed by atoms with Gasteiger partial charge in [0.1, 0.15) is 5.75 Å². The first kappa shape index (κ1) is 18.6. The zero-order chi connectivity index (χ0) is 20.0. The summed E-state index contributed by atoms with van der Waals surface area (Å²) in [4.78, 5) is 4.85. The number of fused-ring (bicyclic) bond motifs is 1. The highest BCUT2D eigenvalue weighted by Gasteiger charge is 2.17. The first-order chi connectivity index (χ1) is 13.4. The van der Waals surface area contributed by atoms with Crippen LogP contribution in [0.3, 0.4) is 0 Å². The van der Waals surface area contributed by atoms with Crippen molar-refractivity contribution in [2.75, 3.05) is 12.4 Å². The Morgan fingerprint density at radius 1 is 1.04 bits per heavy atom. The Bertz CT molecular complexity index is 1170. The Morgan fingerprint density at radius 3 is 2.43 bits per heavy atom. The van der Waals surface area contributed by atoms with Crippen molar-refractivity contribution in [3.05, 3.63) is 63.9 Å². The molecule has 0 saturated heterocycles. The van der Waals surface area contributed by atoms with Gasteiger partial charge in [0, 0.05) is 22.9 Å². The Balaban J connectivity index is 1.88. The molecule has 4 aromatic rings. The van der Waals surface area contributed by atoms with Crippen molar-refractivity contribution in [1.29, 1.82) is 0 Å². The highest BCUT2D eigenvalue weighted by molar-refractivity contribution is 9.10. The summed E-state index contributed by atoms with van der Waals surface area (Å²) in [7, 11) is 3.72. The van der Waals surface area contributed by atoms with Crippen LogP contribution in [0.15, 0.2) is 46.9 Å². The maximum atomic E-state index is 5.57. The fraction of sp³-hybridized carbons (Fsp3) is 0.227.